The molecule has 5 heteroatoms. The van der Waals surface area contributed by atoms with Gasteiger partial charge in [-0.1, -0.05) is 0 Å². The molecule has 0 aromatic carbocycles. The third-order valence-electron chi connectivity index (χ3n) is 1.73. The summed E-state index contributed by atoms with van der Waals surface area (Å²) in [7, 11) is 0. The highest BCUT2D eigenvalue weighted by Crippen LogP contribution is 2.05. The molecule has 0 aromatic rings. The largest absolute Gasteiger partial charge is 0.326 e. The summed E-state index contributed by atoms with van der Waals surface area (Å²) in [5.74, 6) is 0.372. The van der Waals surface area contributed by atoms with Gasteiger partial charge in [0, 0.05) is 5.88 Å². The fourth-order valence-corrected chi connectivity index (χ4v) is 1.29. The van der Waals surface area contributed by atoms with Gasteiger partial charge in [-0.05, 0) is 19.3 Å². The fraction of sp³-hybridized carbons (Fsp3) is 0.714. The first-order valence-electron chi connectivity index (χ1n) is 3.91. The molecule has 0 aromatic heterocycles. The van der Waals surface area contributed by atoms with Crippen LogP contribution in [0, 0.1) is 0 Å². The molecule has 0 bridgehead atoms. The molecule has 0 spiro atoms. The van der Waals surface area contributed by atoms with Crippen molar-refractivity contribution in [2.24, 2.45) is 0 Å². The Balaban J connectivity index is 2.24. The Kier molecular flexibility index (Phi) is 3.34. The van der Waals surface area contributed by atoms with Crippen LogP contribution in [0.25, 0.3) is 0 Å². The molecule has 0 aliphatic carbocycles. The molecule has 12 heavy (non-hydrogen) atoms. The zero-order chi connectivity index (χ0) is 8.97. The van der Waals surface area contributed by atoms with Crippen LogP contribution >= 0.6 is 11.6 Å². The minimum absolute atomic E-state index is 0.227. The van der Waals surface area contributed by atoms with Crippen LogP contribution < -0.4 is 10.6 Å². The first-order valence-corrected chi connectivity index (χ1v) is 4.45. The first kappa shape index (κ1) is 9.32. The molecule has 3 amide bonds. The van der Waals surface area contributed by atoms with Crippen LogP contribution in [0.5, 0.6) is 0 Å². The van der Waals surface area contributed by atoms with Gasteiger partial charge in [-0.15, -0.1) is 11.6 Å². The first-order chi connectivity index (χ1) is 5.74. The van der Waals surface area contributed by atoms with Gasteiger partial charge in [0.05, 0.1) is 0 Å². The average Bonchev–Trinajstić information content (AvgIpc) is 2.31. The molecule has 0 saturated carbocycles. The predicted octanol–water partition coefficient (Wildman–Crippen LogP) is 0.603. The van der Waals surface area contributed by atoms with E-state index in [1.165, 1.54) is 0 Å². The number of hydrogen-bond acceptors (Lipinski definition) is 2. The summed E-state index contributed by atoms with van der Waals surface area (Å²) >= 11 is 5.46. The van der Waals surface area contributed by atoms with E-state index in [2.05, 4.69) is 10.6 Å². The molecule has 1 saturated heterocycles. The van der Waals surface area contributed by atoms with E-state index < -0.39 is 6.03 Å². The molecule has 1 fully saturated rings. The van der Waals surface area contributed by atoms with Crippen molar-refractivity contribution in [1.29, 1.82) is 0 Å². The van der Waals surface area contributed by atoms with Crippen molar-refractivity contribution in [3.8, 4) is 0 Å². The second kappa shape index (κ2) is 4.30. The lowest BCUT2D eigenvalue weighted by atomic mass is 10.1. The molecular weight excluding hydrogens is 180 g/mol. The quantitative estimate of drug-likeness (QED) is 0.388. The van der Waals surface area contributed by atoms with Gasteiger partial charge in [0.1, 0.15) is 6.04 Å². The number of amides is 3. The number of unbranched alkanes of at least 4 members (excludes halogenated alkanes) is 1. The number of carbonyl (C=O) groups excluding carboxylic acids is 2. The molecular formula is C7H11ClN2O2. The lowest BCUT2D eigenvalue weighted by Crippen LogP contribution is -2.28. The average molecular weight is 191 g/mol. The van der Waals surface area contributed by atoms with Crippen molar-refractivity contribution in [2.45, 2.75) is 25.3 Å². The summed E-state index contributed by atoms with van der Waals surface area (Å²) in [4.78, 5) is 21.6. The summed E-state index contributed by atoms with van der Waals surface area (Å²) in [6.07, 6.45) is 2.41. The van der Waals surface area contributed by atoms with E-state index in [0.29, 0.717) is 12.3 Å². The number of rotatable bonds is 4. The lowest BCUT2D eigenvalue weighted by Gasteiger charge is -2.04. The molecule has 1 aliphatic rings. The summed E-state index contributed by atoms with van der Waals surface area (Å²) in [6.45, 7) is 0. The molecule has 1 rings (SSSR count). The second-order valence-electron chi connectivity index (χ2n) is 2.70. The molecule has 4 nitrogen and oxygen atoms in total. The number of carbonyl (C=O) groups is 2. The summed E-state index contributed by atoms with van der Waals surface area (Å²) < 4.78 is 0. The summed E-state index contributed by atoms with van der Waals surface area (Å²) in [6, 6.07) is -0.739. The van der Waals surface area contributed by atoms with Gasteiger partial charge in [-0.3, -0.25) is 10.1 Å². The van der Waals surface area contributed by atoms with Gasteiger partial charge in [0.2, 0.25) is 0 Å². The van der Waals surface area contributed by atoms with E-state index >= 15 is 0 Å². The molecule has 1 atom stereocenters. The Hall–Kier alpha value is -0.770. The number of nitrogens with one attached hydrogen (secondary N) is 2. The fourth-order valence-electron chi connectivity index (χ4n) is 1.11. The molecule has 68 valence electrons. The normalized spacial score (nSPS) is 22.2. The van der Waals surface area contributed by atoms with Crippen molar-refractivity contribution < 1.29 is 9.59 Å². The van der Waals surface area contributed by atoms with Crippen LogP contribution in [0.15, 0.2) is 0 Å². The number of alkyl halides is 1. The topological polar surface area (TPSA) is 58.2 Å². The van der Waals surface area contributed by atoms with Gasteiger partial charge >= 0.3 is 6.03 Å². The summed E-state index contributed by atoms with van der Waals surface area (Å²) in [5, 5.41) is 4.69. The Morgan fingerprint density at radius 2 is 2.08 bits per heavy atom. The summed E-state index contributed by atoms with van der Waals surface area (Å²) in [5.41, 5.74) is 0. The number of hydrogen-bond donors (Lipinski definition) is 2. The number of urea groups is 1. The Morgan fingerprint density at radius 3 is 2.58 bits per heavy atom. The highest BCUT2D eigenvalue weighted by molar-refractivity contribution is 6.17. The standard InChI is InChI=1S/C7H11ClN2O2/c8-4-2-1-3-5-6(11)10-7(12)9-5/h5H,1-4H2,(H2,9,10,11,12)/t5-/m0/s1. The Morgan fingerprint density at radius 1 is 1.33 bits per heavy atom. The van der Waals surface area contributed by atoms with Crippen molar-refractivity contribution in [3.63, 3.8) is 0 Å². The van der Waals surface area contributed by atoms with Gasteiger partial charge in [-0.2, -0.15) is 0 Å². The molecule has 1 aliphatic heterocycles. The van der Waals surface area contributed by atoms with E-state index in [4.69, 9.17) is 11.6 Å². The highest BCUT2D eigenvalue weighted by Gasteiger charge is 2.28. The second-order valence-corrected chi connectivity index (χ2v) is 3.08. The lowest BCUT2D eigenvalue weighted by molar-refractivity contribution is -0.120. The molecule has 0 radical (unpaired) electrons. The maximum Gasteiger partial charge on any atom is 0.322 e. The van der Waals surface area contributed by atoms with Crippen molar-refractivity contribution in [3.05, 3.63) is 0 Å². The van der Waals surface area contributed by atoms with E-state index in [0.717, 1.165) is 12.8 Å². The van der Waals surface area contributed by atoms with Crippen LogP contribution in [-0.2, 0) is 4.79 Å². The number of halogens is 1. The minimum Gasteiger partial charge on any atom is -0.326 e. The van der Waals surface area contributed by atoms with Crippen molar-refractivity contribution in [1.82, 2.24) is 10.6 Å². The van der Waals surface area contributed by atoms with Crippen molar-refractivity contribution in [2.75, 3.05) is 5.88 Å². The van der Waals surface area contributed by atoms with Gasteiger partial charge in [0.15, 0.2) is 0 Å². The van der Waals surface area contributed by atoms with E-state index in [1.54, 1.807) is 0 Å². The third kappa shape index (κ3) is 2.37. The van der Waals surface area contributed by atoms with Gasteiger partial charge in [-0.25, -0.2) is 4.79 Å². The van der Waals surface area contributed by atoms with Crippen LogP contribution in [0.4, 0.5) is 4.79 Å². The van der Waals surface area contributed by atoms with E-state index in [9.17, 15) is 9.59 Å². The SMILES string of the molecule is O=C1NC(=O)[C@H](CCCCCl)N1. The van der Waals surface area contributed by atoms with Crippen LogP contribution in [-0.4, -0.2) is 23.9 Å². The maximum atomic E-state index is 11.0. The van der Waals surface area contributed by atoms with Crippen molar-refractivity contribution >= 4 is 23.5 Å². The zero-order valence-corrected chi connectivity index (χ0v) is 7.36. The Bertz CT molecular complexity index is 196. The third-order valence-corrected chi connectivity index (χ3v) is 2.00. The monoisotopic (exact) mass is 190 g/mol. The van der Waals surface area contributed by atoms with Crippen LogP contribution in [0.1, 0.15) is 19.3 Å². The molecule has 2 N–H and O–H groups in total. The highest BCUT2D eigenvalue weighted by atomic mass is 35.5. The van der Waals surface area contributed by atoms with Gasteiger partial charge < -0.3 is 5.32 Å². The van der Waals surface area contributed by atoms with E-state index in [-0.39, 0.29) is 11.9 Å². The smallest absolute Gasteiger partial charge is 0.322 e. The predicted molar refractivity (Wildman–Crippen MR) is 45.0 cm³/mol. The maximum absolute atomic E-state index is 11.0. The van der Waals surface area contributed by atoms with Crippen LogP contribution in [0.2, 0.25) is 0 Å². The van der Waals surface area contributed by atoms with Crippen LogP contribution in [0.3, 0.4) is 0 Å². The zero-order valence-electron chi connectivity index (χ0n) is 6.60. The Labute approximate surface area is 75.6 Å². The van der Waals surface area contributed by atoms with Gasteiger partial charge in [0.25, 0.3) is 5.91 Å². The van der Waals surface area contributed by atoms with E-state index in [1.807, 2.05) is 0 Å². The minimum atomic E-state index is -0.393. The molecule has 1 heterocycles. The molecule has 0 unspecified atom stereocenters. The number of imide groups is 1.